The average Bonchev–Trinajstić information content (AvgIpc) is 2.66. The molecule has 0 aliphatic rings. The number of esters is 1. The van der Waals surface area contributed by atoms with Gasteiger partial charge in [0.2, 0.25) is 0 Å². The Morgan fingerprint density at radius 3 is 2.33 bits per heavy atom. The Balaban J connectivity index is 1.90. The molecular formula is C24H27ClF2N2O4. The smallest absolute Gasteiger partial charge is 0.339 e. The lowest BCUT2D eigenvalue weighted by atomic mass is 9.84. The van der Waals surface area contributed by atoms with E-state index in [1.54, 1.807) is 0 Å². The van der Waals surface area contributed by atoms with Crippen LogP contribution in [0.25, 0.3) is 0 Å². The molecule has 2 N–H and O–H groups in total. The molecular weight excluding hydrogens is 454 g/mol. The van der Waals surface area contributed by atoms with Gasteiger partial charge in [-0.25, -0.2) is 18.4 Å². The summed E-state index contributed by atoms with van der Waals surface area (Å²) in [4.78, 5) is 36.3. The fourth-order valence-corrected chi connectivity index (χ4v) is 3.60. The van der Waals surface area contributed by atoms with E-state index in [2.05, 4.69) is 33.0 Å². The molecule has 0 aromatic heterocycles. The van der Waals surface area contributed by atoms with E-state index in [1.807, 2.05) is 5.32 Å². The summed E-state index contributed by atoms with van der Waals surface area (Å²) in [7, 11) is 0. The van der Waals surface area contributed by atoms with Gasteiger partial charge in [0.15, 0.2) is 0 Å². The Morgan fingerprint density at radius 2 is 1.73 bits per heavy atom. The topological polar surface area (TPSA) is 84.5 Å². The molecule has 6 nitrogen and oxygen atoms in total. The van der Waals surface area contributed by atoms with Crippen molar-refractivity contribution in [3.05, 3.63) is 64.2 Å². The Morgan fingerprint density at radius 1 is 1.06 bits per heavy atom. The summed E-state index contributed by atoms with van der Waals surface area (Å²) < 4.78 is 31.9. The van der Waals surface area contributed by atoms with Crippen LogP contribution in [0, 0.1) is 23.0 Å². The number of nitrogens with one attached hydrogen (secondary N) is 2. The molecule has 0 bridgehead atoms. The highest BCUT2D eigenvalue weighted by Gasteiger charge is 2.18. The molecule has 3 amide bonds. The molecule has 0 saturated carbocycles. The van der Waals surface area contributed by atoms with Crippen LogP contribution < -0.4 is 10.6 Å². The Bertz CT molecular complexity index is 1040. The quantitative estimate of drug-likeness (QED) is 0.462. The summed E-state index contributed by atoms with van der Waals surface area (Å²) >= 11 is 6.15. The van der Waals surface area contributed by atoms with E-state index in [-0.39, 0.29) is 28.3 Å². The van der Waals surface area contributed by atoms with E-state index in [4.69, 9.17) is 16.3 Å². The number of amides is 3. The van der Waals surface area contributed by atoms with Gasteiger partial charge in [0.05, 0.1) is 22.8 Å². The standard InChI is InChI=1S/C24H27ClF2N2O4/c1-14(13-24(2,3)4)9-10-33-22(31)17-8-6-16(12-19(17)25)28-23(32)29-21(30)18-7-5-15(26)11-20(18)27/h5-8,11-12,14H,9-10,13H2,1-4H3,(H2,28,29,30,32). The average molecular weight is 481 g/mol. The van der Waals surface area contributed by atoms with Gasteiger partial charge in [-0.3, -0.25) is 10.1 Å². The summed E-state index contributed by atoms with van der Waals surface area (Å²) in [6.45, 7) is 8.83. The number of ether oxygens (including phenoxy) is 1. The third-order valence-electron chi connectivity index (χ3n) is 4.65. The monoisotopic (exact) mass is 480 g/mol. The summed E-state index contributed by atoms with van der Waals surface area (Å²) in [6.07, 6.45) is 1.73. The molecule has 2 aromatic rings. The zero-order valence-electron chi connectivity index (χ0n) is 18.9. The molecule has 0 spiro atoms. The van der Waals surface area contributed by atoms with Crippen molar-refractivity contribution in [1.82, 2.24) is 5.32 Å². The SMILES string of the molecule is CC(CCOC(=O)c1ccc(NC(=O)NC(=O)c2ccc(F)cc2F)cc1Cl)CC(C)(C)C. The molecule has 0 aliphatic carbocycles. The normalized spacial score (nSPS) is 12.1. The van der Waals surface area contributed by atoms with E-state index in [9.17, 15) is 23.2 Å². The van der Waals surface area contributed by atoms with Gasteiger partial charge < -0.3 is 10.1 Å². The van der Waals surface area contributed by atoms with Gasteiger partial charge in [0.25, 0.3) is 5.91 Å². The molecule has 1 atom stereocenters. The van der Waals surface area contributed by atoms with Crippen LogP contribution in [0.3, 0.4) is 0 Å². The van der Waals surface area contributed by atoms with Crippen LogP contribution in [0.4, 0.5) is 19.3 Å². The van der Waals surface area contributed by atoms with Gasteiger partial charge in [0.1, 0.15) is 11.6 Å². The number of benzene rings is 2. The summed E-state index contributed by atoms with van der Waals surface area (Å²) in [5.41, 5.74) is 0.0369. The predicted octanol–water partition coefficient (Wildman–Crippen LogP) is 6.20. The molecule has 0 saturated heterocycles. The van der Waals surface area contributed by atoms with E-state index >= 15 is 0 Å². The molecule has 178 valence electrons. The zero-order valence-corrected chi connectivity index (χ0v) is 19.7. The number of halogens is 3. The van der Waals surface area contributed by atoms with Gasteiger partial charge >= 0.3 is 12.0 Å². The Kier molecular flexibility index (Phi) is 8.93. The second-order valence-corrected chi connectivity index (χ2v) is 9.43. The first-order valence-corrected chi connectivity index (χ1v) is 10.8. The van der Waals surface area contributed by atoms with Crippen LogP contribution in [0.5, 0.6) is 0 Å². The highest BCUT2D eigenvalue weighted by Crippen LogP contribution is 2.26. The lowest BCUT2D eigenvalue weighted by Gasteiger charge is -2.23. The van der Waals surface area contributed by atoms with Gasteiger partial charge in [-0.05, 0) is 54.5 Å². The first kappa shape index (κ1) is 26.3. The van der Waals surface area contributed by atoms with Crippen molar-refractivity contribution in [3.8, 4) is 0 Å². The number of anilines is 1. The molecule has 9 heteroatoms. The van der Waals surface area contributed by atoms with Gasteiger partial charge in [-0.2, -0.15) is 0 Å². The maximum Gasteiger partial charge on any atom is 0.339 e. The highest BCUT2D eigenvalue weighted by atomic mass is 35.5. The number of rotatable bonds is 7. The van der Waals surface area contributed by atoms with Crippen molar-refractivity contribution in [1.29, 1.82) is 0 Å². The fraction of sp³-hybridized carbons (Fsp3) is 0.375. The van der Waals surface area contributed by atoms with Gasteiger partial charge in [-0.15, -0.1) is 0 Å². The van der Waals surface area contributed by atoms with Gasteiger partial charge in [-0.1, -0.05) is 39.3 Å². The second-order valence-electron chi connectivity index (χ2n) is 9.02. The maximum absolute atomic E-state index is 13.7. The van der Waals surface area contributed by atoms with Crippen LogP contribution in [-0.4, -0.2) is 24.5 Å². The first-order valence-electron chi connectivity index (χ1n) is 10.4. The minimum Gasteiger partial charge on any atom is -0.462 e. The van der Waals surface area contributed by atoms with Crippen LogP contribution in [0.2, 0.25) is 5.02 Å². The Hall–Kier alpha value is -3.00. The lowest BCUT2D eigenvalue weighted by Crippen LogP contribution is -2.34. The van der Waals surface area contributed by atoms with Crippen molar-refractivity contribution in [2.24, 2.45) is 11.3 Å². The van der Waals surface area contributed by atoms with E-state index in [0.717, 1.165) is 25.0 Å². The molecule has 0 fully saturated rings. The highest BCUT2D eigenvalue weighted by molar-refractivity contribution is 6.34. The molecule has 0 aliphatic heterocycles. The van der Waals surface area contributed by atoms with Crippen molar-refractivity contribution in [3.63, 3.8) is 0 Å². The number of carbonyl (C=O) groups excluding carboxylic acids is 3. The summed E-state index contributed by atoms with van der Waals surface area (Å²) in [5, 5.41) is 4.34. The van der Waals surface area contributed by atoms with Crippen molar-refractivity contribution in [2.45, 2.75) is 40.5 Å². The van der Waals surface area contributed by atoms with E-state index in [1.165, 1.54) is 18.2 Å². The van der Waals surface area contributed by atoms with Crippen LogP contribution in [0.1, 0.15) is 61.3 Å². The largest absolute Gasteiger partial charge is 0.462 e. The number of carbonyl (C=O) groups is 3. The first-order chi connectivity index (χ1) is 15.4. The van der Waals surface area contributed by atoms with E-state index < -0.39 is 35.1 Å². The molecule has 0 heterocycles. The molecule has 2 aromatic carbocycles. The molecule has 1 unspecified atom stereocenters. The van der Waals surface area contributed by atoms with Gasteiger partial charge in [0, 0.05) is 11.8 Å². The lowest BCUT2D eigenvalue weighted by molar-refractivity contribution is 0.0478. The Labute approximate surface area is 196 Å². The number of imide groups is 1. The minimum atomic E-state index is -1.10. The van der Waals surface area contributed by atoms with Crippen LogP contribution >= 0.6 is 11.6 Å². The fourth-order valence-electron chi connectivity index (χ4n) is 3.34. The van der Waals surface area contributed by atoms with Crippen LogP contribution in [0.15, 0.2) is 36.4 Å². The minimum absolute atomic E-state index is 0.0523. The van der Waals surface area contributed by atoms with Crippen molar-refractivity contribution in [2.75, 3.05) is 11.9 Å². The maximum atomic E-state index is 13.7. The van der Waals surface area contributed by atoms with Crippen molar-refractivity contribution < 1.29 is 27.9 Å². The van der Waals surface area contributed by atoms with Crippen molar-refractivity contribution >= 4 is 35.2 Å². The molecule has 0 radical (unpaired) electrons. The predicted molar refractivity (Wildman–Crippen MR) is 122 cm³/mol. The van der Waals surface area contributed by atoms with Crippen LogP contribution in [-0.2, 0) is 4.74 Å². The summed E-state index contributed by atoms with van der Waals surface area (Å²) in [6, 6.07) is 5.53. The third kappa shape index (κ3) is 8.46. The number of urea groups is 1. The summed E-state index contributed by atoms with van der Waals surface area (Å²) in [5.74, 6) is -3.18. The second kappa shape index (κ2) is 11.2. The van der Waals surface area contributed by atoms with E-state index in [0.29, 0.717) is 12.0 Å². The number of hydrogen-bond donors (Lipinski definition) is 2. The number of hydrogen-bond acceptors (Lipinski definition) is 4. The third-order valence-corrected chi connectivity index (χ3v) is 4.97. The molecule has 33 heavy (non-hydrogen) atoms. The molecule has 2 rings (SSSR count). The zero-order chi connectivity index (χ0) is 24.8.